The van der Waals surface area contributed by atoms with Crippen molar-refractivity contribution in [2.24, 2.45) is 0 Å². The topological polar surface area (TPSA) is 44.2 Å². The molecule has 0 aliphatic rings. The first-order valence-corrected chi connectivity index (χ1v) is 6.88. The van der Waals surface area contributed by atoms with Crippen molar-refractivity contribution in [1.29, 1.82) is 0 Å². The fourth-order valence-corrected chi connectivity index (χ4v) is 2.13. The molecule has 1 aromatic heterocycles. The minimum atomic E-state index is 0.567. The van der Waals surface area contributed by atoms with Gasteiger partial charge in [-0.05, 0) is 46.9 Å². The van der Waals surface area contributed by atoms with E-state index in [-0.39, 0.29) is 0 Å². The van der Waals surface area contributed by atoms with Gasteiger partial charge in [-0.15, -0.1) is 0 Å². The third-order valence-corrected chi connectivity index (χ3v) is 3.35. The molecule has 0 amide bonds. The monoisotopic (exact) mass is 362 g/mol. The van der Waals surface area contributed by atoms with E-state index in [1.54, 1.807) is 7.11 Å². The molecule has 1 aromatic carbocycles. The predicted octanol–water partition coefficient (Wildman–Crippen LogP) is 3.12. The minimum absolute atomic E-state index is 0.567. The Balaban J connectivity index is 1.98. The van der Waals surface area contributed by atoms with Crippen molar-refractivity contribution in [3.8, 4) is 10.9 Å². The molecule has 0 radical (unpaired) electrons. The lowest BCUT2D eigenvalue weighted by atomic mass is 10.3. The van der Waals surface area contributed by atoms with Crippen molar-refractivity contribution < 1.29 is 9.47 Å². The van der Waals surface area contributed by atoms with Crippen LogP contribution in [0.3, 0.4) is 0 Å². The number of hydrogen-bond acceptors (Lipinski definition) is 5. The maximum absolute atomic E-state index is 5.59. The van der Waals surface area contributed by atoms with Crippen LogP contribution in [0.15, 0.2) is 24.3 Å². The zero-order valence-electron chi connectivity index (χ0n) is 9.22. The van der Waals surface area contributed by atoms with Crippen LogP contribution in [0.4, 0.5) is 0 Å². The van der Waals surface area contributed by atoms with Crippen LogP contribution < -0.4 is 4.74 Å². The van der Waals surface area contributed by atoms with E-state index in [1.807, 2.05) is 24.3 Å². The number of benzene rings is 1. The summed E-state index contributed by atoms with van der Waals surface area (Å²) in [5, 5.41) is 0.567. The molecule has 6 heteroatoms. The zero-order valence-corrected chi connectivity index (χ0v) is 12.2. The van der Waals surface area contributed by atoms with Crippen molar-refractivity contribution in [3.63, 3.8) is 0 Å². The summed E-state index contributed by atoms with van der Waals surface area (Å²) in [6.07, 6.45) is 0.711. The third-order valence-electron chi connectivity index (χ3n) is 2.00. The molecule has 0 bridgehead atoms. The van der Waals surface area contributed by atoms with E-state index < -0.39 is 0 Å². The van der Waals surface area contributed by atoms with Gasteiger partial charge in [-0.2, -0.15) is 9.36 Å². The second kappa shape index (κ2) is 6.27. The summed E-state index contributed by atoms with van der Waals surface area (Å²) in [5.41, 5.74) is 0. The minimum Gasteiger partial charge on any atom is -0.430 e. The molecule has 0 unspecified atom stereocenters. The molecule has 2 aromatic rings. The molecule has 0 N–H and O–H groups in total. The number of aromatic nitrogens is 2. The normalized spacial score (nSPS) is 10.5. The van der Waals surface area contributed by atoms with Gasteiger partial charge in [0.25, 0.3) is 5.19 Å². The third kappa shape index (κ3) is 3.90. The lowest BCUT2D eigenvalue weighted by Gasteiger charge is -2.00. The Kier molecular flexibility index (Phi) is 4.69. The Bertz CT molecular complexity index is 473. The van der Waals surface area contributed by atoms with E-state index in [0.29, 0.717) is 18.2 Å². The SMILES string of the molecule is COCCc1nsc(Oc2ccc(I)cc2)n1. The molecule has 0 fully saturated rings. The zero-order chi connectivity index (χ0) is 12.1. The van der Waals surface area contributed by atoms with Crippen molar-refractivity contribution in [2.45, 2.75) is 6.42 Å². The molecule has 4 nitrogen and oxygen atoms in total. The average molecular weight is 362 g/mol. The quantitative estimate of drug-likeness (QED) is 0.767. The highest BCUT2D eigenvalue weighted by Crippen LogP contribution is 2.23. The Hall–Kier alpha value is -0.730. The van der Waals surface area contributed by atoms with E-state index in [0.717, 1.165) is 11.6 Å². The Labute approximate surface area is 117 Å². The van der Waals surface area contributed by atoms with Crippen molar-refractivity contribution in [2.75, 3.05) is 13.7 Å². The number of ether oxygens (including phenoxy) is 2. The number of hydrogen-bond donors (Lipinski definition) is 0. The highest BCUT2D eigenvalue weighted by Gasteiger charge is 2.05. The Morgan fingerprint density at radius 3 is 2.76 bits per heavy atom. The molecular weight excluding hydrogens is 351 g/mol. The first-order valence-electron chi connectivity index (χ1n) is 5.03. The van der Waals surface area contributed by atoms with Gasteiger partial charge >= 0.3 is 0 Å². The maximum atomic E-state index is 5.59. The maximum Gasteiger partial charge on any atom is 0.298 e. The van der Waals surface area contributed by atoms with E-state index in [9.17, 15) is 0 Å². The number of rotatable bonds is 5. The smallest absolute Gasteiger partial charge is 0.298 e. The van der Waals surface area contributed by atoms with Gasteiger partial charge in [0.05, 0.1) is 6.61 Å². The lowest BCUT2D eigenvalue weighted by molar-refractivity contribution is 0.200. The summed E-state index contributed by atoms with van der Waals surface area (Å²) in [5.74, 6) is 1.54. The molecule has 2 rings (SSSR count). The molecule has 0 aliphatic carbocycles. The van der Waals surface area contributed by atoms with E-state index in [4.69, 9.17) is 9.47 Å². The summed E-state index contributed by atoms with van der Waals surface area (Å²) >= 11 is 3.51. The summed E-state index contributed by atoms with van der Waals surface area (Å²) < 4.78 is 15.9. The standard InChI is InChI=1S/C11H11IN2O2S/c1-15-7-6-10-13-11(17-14-10)16-9-4-2-8(12)3-5-9/h2-5H,6-7H2,1H3. The van der Waals surface area contributed by atoms with Gasteiger partial charge < -0.3 is 9.47 Å². The van der Waals surface area contributed by atoms with Crippen LogP contribution in [0.1, 0.15) is 5.82 Å². The molecule has 0 spiro atoms. The summed E-state index contributed by atoms with van der Waals surface area (Å²) in [6, 6.07) is 7.81. The van der Waals surface area contributed by atoms with Gasteiger partial charge in [-0.1, -0.05) is 0 Å². The van der Waals surface area contributed by atoms with Gasteiger partial charge in [0, 0.05) is 28.6 Å². The van der Waals surface area contributed by atoms with Crippen molar-refractivity contribution >= 4 is 34.1 Å². The summed E-state index contributed by atoms with van der Waals surface area (Å²) in [6.45, 7) is 0.625. The largest absolute Gasteiger partial charge is 0.430 e. The van der Waals surface area contributed by atoms with Gasteiger partial charge in [0.15, 0.2) is 0 Å². The van der Waals surface area contributed by atoms with Crippen LogP contribution in [0.5, 0.6) is 10.9 Å². The first kappa shape index (κ1) is 12.7. The fraction of sp³-hybridized carbons (Fsp3) is 0.273. The lowest BCUT2D eigenvalue weighted by Crippen LogP contribution is -1.96. The Morgan fingerprint density at radius 1 is 1.29 bits per heavy atom. The molecule has 90 valence electrons. The molecule has 0 saturated carbocycles. The predicted molar refractivity (Wildman–Crippen MR) is 74.7 cm³/mol. The van der Waals surface area contributed by atoms with Crippen LogP contribution in [-0.4, -0.2) is 23.1 Å². The van der Waals surface area contributed by atoms with Gasteiger partial charge in [-0.3, -0.25) is 0 Å². The summed E-state index contributed by atoms with van der Waals surface area (Å²) in [4.78, 5) is 4.27. The van der Waals surface area contributed by atoms with E-state index in [1.165, 1.54) is 15.1 Å². The van der Waals surface area contributed by atoms with Crippen LogP contribution in [0.2, 0.25) is 0 Å². The summed E-state index contributed by atoms with van der Waals surface area (Å²) in [7, 11) is 1.66. The fourth-order valence-electron chi connectivity index (χ4n) is 1.18. The van der Waals surface area contributed by atoms with Gasteiger partial charge in [-0.25, -0.2) is 0 Å². The highest BCUT2D eigenvalue weighted by molar-refractivity contribution is 14.1. The van der Waals surface area contributed by atoms with E-state index >= 15 is 0 Å². The van der Waals surface area contributed by atoms with Crippen molar-refractivity contribution in [1.82, 2.24) is 9.36 Å². The highest BCUT2D eigenvalue weighted by atomic mass is 127. The molecule has 0 saturated heterocycles. The average Bonchev–Trinajstić information content (AvgIpc) is 2.77. The van der Waals surface area contributed by atoms with Crippen LogP contribution >= 0.6 is 34.1 Å². The van der Waals surface area contributed by atoms with Gasteiger partial charge in [0.2, 0.25) is 0 Å². The van der Waals surface area contributed by atoms with Crippen LogP contribution in [-0.2, 0) is 11.2 Å². The second-order valence-corrected chi connectivity index (χ2v) is 5.24. The first-order chi connectivity index (χ1) is 8.28. The number of methoxy groups -OCH3 is 1. The van der Waals surface area contributed by atoms with Crippen molar-refractivity contribution in [3.05, 3.63) is 33.7 Å². The number of nitrogens with zero attached hydrogens (tertiary/aromatic N) is 2. The van der Waals surface area contributed by atoms with Gasteiger partial charge in [0.1, 0.15) is 11.6 Å². The Morgan fingerprint density at radius 2 is 2.06 bits per heavy atom. The molecule has 1 heterocycles. The molecular formula is C11H11IN2O2S. The number of halogens is 1. The second-order valence-electron chi connectivity index (χ2n) is 3.28. The molecule has 0 aliphatic heterocycles. The molecule has 0 atom stereocenters. The molecule has 17 heavy (non-hydrogen) atoms. The van der Waals surface area contributed by atoms with Crippen LogP contribution in [0.25, 0.3) is 0 Å². The van der Waals surface area contributed by atoms with E-state index in [2.05, 4.69) is 31.9 Å². The van der Waals surface area contributed by atoms with Crippen LogP contribution in [0, 0.1) is 3.57 Å².